The van der Waals surface area contributed by atoms with Gasteiger partial charge in [-0.25, -0.2) is 0 Å². The molecule has 2 fully saturated rings. The summed E-state index contributed by atoms with van der Waals surface area (Å²) in [5.41, 5.74) is 6.95. The number of carbonyl (C=O) groups excluding carboxylic acids is 1. The SMILES string of the molecule is NCC#Cc1ccc(C(=O)NC(C2CC2)C2CC2)cc1. The standard InChI is InChI=1S/C17H20N2O/c18-11-1-2-12-3-5-15(6-4-12)17(20)19-16(13-7-8-13)14-9-10-14/h3-6,13-14,16H,7-11,18H2,(H,19,20). The van der Waals surface area contributed by atoms with Gasteiger partial charge in [-0.15, -0.1) is 0 Å². The predicted octanol–water partition coefficient (Wildman–Crippen LogP) is 1.92. The van der Waals surface area contributed by atoms with E-state index in [1.54, 1.807) is 0 Å². The third-order valence-electron chi connectivity index (χ3n) is 4.04. The first-order chi connectivity index (χ1) is 9.78. The fourth-order valence-electron chi connectivity index (χ4n) is 2.62. The number of benzene rings is 1. The van der Waals surface area contributed by atoms with E-state index in [4.69, 9.17) is 5.73 Å². The molecule has 2 aliphatic carbocycles. The van der Waals surface area contributed by atoms with Crippen molar-refractivity contribution in [2.75, 3.05) is 6.54 Å². The minimum atomic E-state index is 0.0483. The van der Waals surface area contributed by atoms with E-state index in [0.29, 0.717) is 12.6 Å². The molecule has 3 nitrogen and oxygen atoms in total. The summed E-state index contributed by atoms with van der Waals surface area (Å²) >= 11 is 0. The quantitative estimate of drug-likeness (QED) is 0.820. The van der Waals surface area contributed by atoms with E-state index in [1.165, 1.54) is 25.7 Å². The Morgan fingerprint density at radius 3 is 2.30 bits per heavy atom. The van der Waals surface area contributed by atoms with E-state index in [-0.39, 0.29) is 5.91 Å². The number of nitrogens with one attached hydrogen (secondary N) is 1. The average Bonchev–Trinajstić information content (AvgIpc) is 3.36. The summed E-state index contributed by atoms with van der Waals surface area (Å²) in [5.74, 6) is 7.26. The van der Waals surface area contributed by atoms with Crippen molar-refractivity contribution in [1.82, 2.24) is 5.32 Å². The molecule has 2 aliphatic rings. The van der Waals surface area contributed by atoms with Gasteiger partial charge in [-0.1, -0.05) is 11.8 Å². The Morgan fingerprint density at radius 1 is 1.20 bits per heavy atom. The molecule has 0 aromatic heterocycles. The molecule has 3 rings (SSSR count). The van der Waals surface area contributed by atoms with Gasteiger partial charge < -0.3 is 11.1 Å². The number of hydrogen-bond donors (Lipinski definition) is 2. The average molecular weight is 268 g/mol. The van der Waals surface area contributed by atoms with Crippen molar-refractivity contribution in [1.29, 1.82) is 0 Å². The van der Waals surface area contributed by atoms with Gasteiger partial charge in [0.1, 0.15) is 0 Å². The van der Waals surface area contributed by atoms with Crippen LogP contribution in [0.15, 0.2) is 24.3 Å². The van der Waals surface area contributed by atoms with Gasteiger partial charge >= 0.3 is 0 Å². The maximum Gasteiger partial charge on any atom is 0.251 e. The van der Waals surface area contributed by atoms with Gasteiger partial charge in [0.05, 0.1) is 6.54 Å². The van der Waals surface area contributed by atoms with Gasteiger partial charge in [-0.2, -0.15) is 0 Å². The molecule has 1 aromatic carbocycles. The van der Waals surface area contributed by atoms with Crippen LogP contribution in [0.1, 0.15) is 41.6 Å². The van der Waals surface area contributed by atoms with E-state index in [0.717, 1.165) is 23.0 Å². The Balaban J connectivity index is 1.64. The lowest BCUT2D eigenvalue weighted by molar-refractivity contribution is 0.0926. The highest BCUT2D eigenvalue weighted by atomic mass is 16.1. The molecule has 0 unspecified atom stereocenters. The summed E-state index contributed by atoms with van der Waals surface area (Å²) in [5, 5.41) is 3.22. The predicted molar refractivity (Wildman–Crippen MR) is 79.1 cm³/mol. The molecule has 1 aromatic rings. The first kappa shape index (κ1) is 13.2. The van der Waals surface area contributed by atoms with Crippen LogP contribution in [0.25, 0.3) is 0 Å². The second-order valence-electron chi connectivity index (χ2n) is 5.76. The van der Waals surface area contributed by atoms with Crippen LogP contribution >= 0.6 is 0 Å². The van der Waals surface area contributed by atoms with Crippen LogP contribution in [0, 0.1) is 23.7 Å². The molecule has 3 N–H and O–H groups in total. The van der Waals surface area contributed by atoms with Crippen molar-refractivity contribution in [2.45, 2.75) is 31.7 Å². The maximum atomic E-state index is 12.3. The van der Waals surface area contributed by atoms with Crippen molar-refractivity contribution in [3.8, 4) is 11.8 Å². The fraction of sp³-hybridized carbons (Fsp3) is 0.471. The molecule has 0 saturated heterocycles. The largest absolute Gasteiger partial charge is 0.349 e. The Morgan fingerprint density at radius 2 is 1.80 bits per heavy atom. The third kappa shape index (κ3) is 3.20. The first-order valence-corrected chi connectivity index (χ1v) is 7.38. The van der Waals surface area contributed by atoms with E-state index in [1.807, 2.05) is 24.3 Å². The molecule has 0 atom stereocenters. The topological polar surface area (TPSA) is 55.1 Å². The smallest absolute Gasteiger partial charge is 0.251 e. The molecule has 104 valence electrons. The van der Waals surface area contributed by atoms with E-state index < -0.39 is 0 Å². The van der Waals surface area contributed by atoms with E-state index in [9.17, 15) is 4.79 Å². The summed E-state index contributed by atoms with van der Waals surface area (Å²) in [7, 11) is 0. The first-order valence-electron chi connectivity index (χ1n) is 7.38. The van der Waals surface area contributed by atoms with Gasteiger partial charge in [0, 0.05) is 17.2 Å². The zero-order valence-corrected chi connectivity index (χ0v) is 11.6. The number of nitrogens with two attached hydrogens (primary N) is 1. The molecule has 1 amide bonds. The molecule has 0 spiro atoms. The molecule has 20 heavy (non-hydrogen) atoms. The molecule has 0 radical (unpaired) electrons. The zero-order valence-electron chi connectivity index (χ0n) is 11.6. The summed E-state index contributed by atoms with van der Waals surface area (Å²) < 4.78 is 0. The van der Waals surface area contributed by atoms with Gasteiger partial charge in [0.15, 0.2) is 0 Å². The van der Waals surface area contributed by atoms with Gasteiger partial charge in [0.2, 0.25) is 0 Å². The van der Waals surface area contributed by atoms with Gasteiger partial charge in [0.25, 0.3) is 5.91 Å². The van der Waals surface area contributed by atoms with Crippen LogP contribution in [0.4, 0.5) is 0 Å². The van der Waals surface area contributed by atoms with Crippen LogP contribution in [0.5, 0.6) is 0 Å². The van der Waals surface area contributed by atoms with Crippen molar-refractivity contribution < 1.29 is 4.79 Å². The van der Waals surface area contributed by atoms with Crippen LogP contribution in [-0.4, -0.2) is 18.5 Å². The highest BCUT2D eigenvalue weighted by Crippen LogP contribution is 2.44. The Bertz CT molecular complexity index is 533. The van der Waals surface area contributed by atoms with Crippen molar-refractivity contribution in [3.05, 3.63) is 35.4 Å². The van der Waals surface area contributed by atoms with E-state index >= 15 is 0 Å². The second-order valence-corrected chi connectivity index (χ2v) is 5.76. The molecule has 0 aliphatic heterocycles. The highest BCUT2D eigenvalue weighted by molar-refractivity contribution is 5.94. The minimum absolute atomic E-state index is 0.0483. The van der Waals surface area contributed by atoms with E-state index in [2.05, 4.69) is 17.2 Å². The van der Waals surface area contributed by atoms with Gasteiger partial charge in [-0.3, -0.25) is 4.79 Å². The molecular formula is C17H20N2O. The molecule has 0 bridgehead atoms. The summed E-state index contributed by atoms with van der Waals surface area (Å²) in [4.78, 5) is 12.3. The Labute approximate surface area is 119 Å². The monoisotopic (exact) mass is 268 g/mol. The number of carbonyl (C=O) groups is 1. The summed E-state index contributed by atoms with van der Waals surface area (Å²) in [6.07, 6.45) is 5.09. The molecular weight excluding hydrogens is 248 g/mol. The lowest BCUT2D eigenvalue weighted by atomic mass is 10.1. The lowest BCUT2D eigenvalue weighted by Crippen LogP contribution is -2.38. The van der Waals surface area contributed by atoms with Crippen molar-refractivity contribution >= 4 is 5.91 Å². The van der Waals surface area contributed by atoms with Crippen molar-refractivity contribution in [2.24, 2.45) is 17.6 Å². The minimum Gasteiger partial charge on any atom is -0.349 e. The lowest BCUT2D eigenvalue weighted by Gasteiger charge is -2.17. The summed E-state index contributed by atoms with van der Waals surface area (Å²) in [6, 6.07) is 7.83. The van der Waals surface area contributed by atoms with Gasteiger partial charge in [-0.05, 0) is 61.8 Å². The number of rotatable bonds is 4. The second kappa shape index (κ2) is 5.68. The van der Waals surface area contributed by atoms with Crippen LogP contribution in [0.3, 0.4) is 0 Å². The molecule has 2 saturated carbocycles. The summed E-state index contributed by atoms with van der Waals surface area (Å²) in [6.45, 7) is 0.354. The maximum absolute atomic E-state index is 12.3. The highest BCUT2D eigenvalue weighted by Gasteiger charge is 2.42. The molecule has 3 heteroatoms. The normalized spacial score (nSPS) is 17.5. The Kier molecular flexibility index (Phi) is 3.75. The van der Waals surface area contributed by atoms with Crippen LogP contribution in [0.2, 0.25) is 0 Å². The molecule has 0 heterocycles. The zero-order chi connectivity index (χ0) is 13.9. The third-order valence-corrected chi connectivity index (χ3v) is 4.04. The fourth-order valence-corrected chi connectivity index (χ4v) is 2.62. The number of amides is 1. The van der Waals surface area contributed by atoms with Crippen LogP contribution in [-0.2, 0) is 0 Å². The Hall–Kier alpha value is -1.79. The van der Waals surface area contributed by atoms with Crippen LogP contribution < -0.4 is 11.1 Å². The number of hydrogen-bond acceptors (Lipinski definition) is 2. The van der Waals surface area contributed by atoms with Crippen molar-refractivity contribution in [3.63, 3.8) is 0 Å².